The van der Waals surface area contributed by atoms with Gasteiger partial charge < -0.3 is 10.9 Å². The molecule has 0 aromatic heterocycles. The Bertz CT molecular complexity index is 644. The van der Waals surface area contributed by atoms with Gasteiger partial charge in [-0.1, -0.05) is 35.5 Å². The van der Waals surface area contributed by atoms with E-state index in [0.717, 1.165) is 10.5 Å². The summed E-state index contributed by atoms with van der Waals surface area (Å²) in [7, 11) is 0. The van der Waals surface area contributed by atoms with E-state index in [1.54, 1.807) is 23.9 Å². The van der Waals surface area contributed by atoms with E-state index in [1.807, 2.05) is 31.2 Å². The molecule has 2 aromatic rings. The molecule has 0 aliphatic carbocycles. The summed E-state index contributed by atoms with van der Waals surface area (Å²) >= 11 is 1.56. The van der Waals surface area contributed by atoms with Gasteiger partial charge in [0.1, 0.15) is 5.82 Å². The number of rotatable bonds is 4. The highest BCUT2D eigenvalue weighted by Gasteiger charge is 2.12. The Morgan fingerprint density at radius 1 is 1.25 bits per heavy atom. The van der Waals surface area contributed by atoms with Crippen molar-refractivity contribution in [2.24, 2.45) is 10.9 Å². The van der Waals surface area contributed by atoms with E-state index < -0.39 is 5.82 Å². The van der Waals surface area contributed by atoms with Gasteiger partial charge in [-0.3, -0.25) is 0 Å². The maximum atomic E-state index is 14.2. The van der Waals surface area contributed by atoms with E-state index in [0.29, 0.717) is 11.3 Å². The molecule has 0 saturated carbocycles. The number of benzene rings is 2. The molecular weight excluding hydrogens is 275 g/mol. The van der Waals surface area contributed by atoms with Crippen molar-refractivity contribution >= 4 is 17.6 Å². The molecule has 3 N–H and O–H groups in total. The predicted octanol–water partition coefficient (Wildman–Crippen LogP) is 3.52. The monoisotopic (exact) mass is 290 g/mol. The Balaban J connectivity index is 2.21. The smallest absolute Gasteiger partial charge is 0.173 e. The second kappa shape index (κ2) is 6.43. The number of nitrogens with two attached hydrogens (primary N) is 1. The fraction of sp³-hybridized carbons (Fsp3) is 0.133. The van der Waals surface area contributed by atoms with Crippen LogP contribution >= 0.6 is 11.8 Å². The van der Waals surface area contributed by atoms with Gasteiger partial charge in [-0.15, -0.1) is 11.8 Å². The molecule has 0 atom stereocenters. The molecule has 3 nitrogen and oxygen atoms in total. The zero-order valence-corrected chi connectivity index (χ0v) is 11.8. The summed E-state index contributed by atoms with van der Waals surface area (Å²) in [5, 5.41) is 11.5. The molecule has 104 valence electrons. The van der Waals surface area contributed by atoms with Crippen molar-refractivity contribution in [1.82, 2.24) is 0 Å². The minimum Gasteiger partial charge on any atom is -0.409 e. The third-order valence-corrected chi connectivity index (χ3v) is 4.16. The zero-order valence-electron chi connectivity index (χ0n) is 11.0. The van der Waals surface area contributed by atoms with E-state index in [2.05, 4.69) is 5.16 Å². The highest BCUT2D eigenvalue weighted by molar-refractivity contribution is 7.98. The summed E-state index contributed by atoms with van der Waals surface area (Å²) < 4.78 is 14.2. The van der Waals surface area contributed by atoms with Crippen LogP contribution in [0, 0.1) is 12.7 Å². The molecule has 20 heavy (non-hydrogen) atoms. The average molecular weight is 290 g/mol. The summed E-state index contributed by atoms with van der Waals surface area (Å²) in [5.41, 5.74) is 7.26. The largest absolute Gasteiger partial charge is 0.409 e. The van der Waals surface area contributed by atoms with E-state index in [1.165, 1.54) is 6.07 Å². The zero-order chi connectivity index (χ0) is 14.5. The number of amidine groups is 1. The molecular formula is C15H15FN2OS. The maximum Gasteiger partial charge on any atom is 0.173 e. The van der Waals surface area contributed by atoms with Gasteiger partial charge >= 0.3 is 0 Å². The van der Waals surface area contributed by atoms with Crippen molar-refractivity contribution in [2.75, 3.05) is 0 Å². The van der Waals surface area contributed by atoms with Crippen molar-refractivity contribution < 1.29 is 9.60 Å². The summed E-state index contributed by atoms with van der Waals surface area (Å²) in [6.45, 7) is 2.02. The van der Waals surface area contributed by atoms with Crippen LogP contribution in [-0.2, 0) is 5.75 Å². The number of oxime groups is 1. The summed E-state index contributed by atoms with van der Waals surface area (Å²) in [6.07, 6.45) is 0. The molecule has 0 unspecified atom stereocenters. The van der Waals surface area contributed by atoms with Gasteiger partial charge in [0.25, 0.3) is 0 Å². The Kier molecular flexibility index (Phi) is 4.63. The van der Waals surface area contributed by atoms with Gasteiger partial charge in [0, 0.05) is 10.6 Å². The number of hydrogen-bond acceptors (Lipinski definition) is 3. The lowest BCUT2D eigenvalue weighted by Crippen LogP contribution is -2.15. The van der Waals surface area contributed by atoms with Crippen LogP contribution in [0.2, 0.25) is 0 Å². The number of hydrogen-bond donors (Lipinski definition) is 2. The van der Waals surface area contributed by atoms with Gasteiger partial charge in [0.05, 0.1) is 5.56 Å². The number of thioether (sulfide) groups is 1. The Morgan fingerprint density at radius 3 is 2.70 bits per heavy atom. The minimum absolute atomic E-state index is 0.121. The summed E-state index contributed by atoms with van der Waals surface area (Å²) in [6, 6.07) is 12.8. The predicted molar refractivity (Wildman–Crippen MR) is 79.7 cm³/mol. The summed E-state index contributed by atoms with van der Waals surface area (Å²) in [5.74, 6) is -0.169. The molecule has 2 rings (SSSR count). The number of nitrogens with zero attached hydrogens (tertiary/aromatic N) is 1. The van der Waals surface area contributed by atoms with Gasteiger partial charge in [0.2, 0.25) is 0 Å². The number of aryl methyl sites for hydroxylation is 1. The molecule has 0 spiro atoms. The van der Waals surface area contributed by atoms with Crippen molar-refractivity contribution in [3.63, 3.8) is 0 Å². The third kappa shape index (κ3) is 3.11. The lowest BCUT2D eigenvalue weighted by Gasteiger charge is -2.08. The van der Waals surface area contributed by atoms with Gasteiger partial charge in [-0.2, -0.15) is 0 Å². The molecule has 0 heterocycles. The van der Waals surface area contributed by atoms with Crippen LogP contribution in [0.1, 0.15) is 16.7 Å². The van der Waals surface area contributed by atoms with Crippen molar-refractivity contribution in [3.05, 3.63) is 65.0 Å². The van der Waals surface area contributed by atoms with Gasteiger partial charge in [0.15, 0.2) is 5.84 Å². The molecule has 5 heteroatoms. The second-order valence-corrected chi connectivity index (χ2v) is 5.34. The molecule has 0 aliphatic rings. The fourth-order valence-electron chi connectivity index (χ4n) is 1.82. The Morgan fingerprint density at radius 2 is 2.00 bits per heavy atom. The van der Waals surface area contributed by atoms with Crippen LogP contribution in [0.25, 0.3) is 0 Å². The van der Waals surface area contributed by atoms with Crippen molar-refractivity contribution in [2.45, 2.75) is 17.6 Å². The van der Waals surface area contributed by atoms with Crippen molar-refractivity contribution in [3.8, 4) is 0 Å². The normalized spacial score (nSPS) is 11.6. The van der Waals surface area contributed by atoms with E-state index >= 15 is 0 Å². The topological polar surface area (TPSA) is 58.6 Å². The lowest BCUT2D eigenvalue weighted by atomic mass is 10.1. The van der Waals surface area contributed by atoms with Gasteiger partial charge in [-0.25, -0.2) is 4.39 Å². The minimum atomic E-state index is -0.441. The summed E-state index contributed by atoms with van der Waals surface area (Å²) in [4.78, 5) is 1.11. The Hall–Kier alpha value is -2.01. The molecule has 0 amide bonds. The molecule has 0 radical (unpaired) electrons. The van der Waals surface area contributed by atoms with Crippen LogP contribution in [0.5, 0.6) is 0 Å². The molecule has 2 aromatic carbocycles. The van der Waals surface area contributed by atoms with E-state index in [-0.39, 0.29) is 11.4 Å². The first-order valence-corrected chi connectivity index (χ1v) is 7.05. The standard InChI is InChI=1S/C15H15FN2OS/c1-10-5-2-3-8-13(10)20-9-11-6-4-7-12(14(11)16)15(17)18-19/h2-8,19H,9H2,1H3,(H2,17,18). The van der Waals surface area contributed by atoms with Gasteiger partial charge in [-0.05, 0) is 30.2 Å². The highest BCUT2D eigenvalue weighted by Crippen LogP contribution is 2.27. The molecule has 0 bridgehead atoms. The average Bonchev–Trinajstić information content (AvgIpc) is 2.47. The van der Waals surface area contributed by atoms with E-state index in [4.69, 9.17) is 10.9 Å². The molecule has 0 saturated heterocycles. The number of halogens is 1. The fourth-order valence-corrected chi connectivity index (χ4v) is 2.82. The van der Waals surface area contributed by atoms with Crippen LogP contribution in [0.15, 0.2) is 52.5 Å². The van der Waals surface area contributed by atoms with Crippen LogP contribution in [0.4, 0.5) is 4.39 Å². The quantitative estimate of drug-likeness (QED) is 0.298. The van der Waals surface area contributed by atoms with E-state index in [9.17, 15) is 4.39 Å². The lowest BCUT2D eigenvalue weighted by molar-refractivity contribution is 0.318. The van der Waals surface area contributed by atoms with Crippen LogP contribution in [0.3, 0.4) is 0 Å². The van der Waals surface area contributed by atoms with Crippen molar-refractivity contribution in [1.29, 1.82) is 0 Å². The third-order valence-electron chi connectivity index (χ3n) is 2.94. The first kappa shape index (κ1) is 14.4. The Labute approximate surface area is 121 Å². The first-order chi connectivity index (χ1) is 9.63. The molecule has 0 fully saturated rings. The SMILES string of the molecule is Cc1ccccc1SCc1cccc(/C(N)=N/O)c1F. The van der Waals surface area contributed by atoms with Crippen LogP contribution in [-0.4, -0.2) is 11.0 Å². The maximum absolute atomic E-state index is 14.2. The molecule has 0 aliphatic heterocycles. The highest BCUT2D eigenvalue weighted by atomic mass is 32.2. The van der Waals surface area contributed by atoms with Crippen LogP contribution < -0.4 is 5.73 Å². The second-order valence-electron chi connectivity index (χ2n) is 4.32. The first-order valence-electron chi connectivity index (χ1n) is 6.07.